The summed E-state index contributed by atoms with van der Waals surface area (Å²) in [6, 6.07) is 0. The molecule has 0 aliphatic heterocycles. The van der Waals surface area contributed by atoms with Gasteiger partial charge in [-0.2, -0.15) is 0 Å². The van der Waals surface area contributed by atoms with Crippen LogP contribution in [0, 0.1) is 0 Å². The normalized spacial score (nSPS) is 12.7. The summed E-state index contributed by atoms with van der Waals surface area (Å²) in [5.41, 5.74) is 0. The molecule has 0 fully saturated rings. The maximum atomic E-state index is 12.8. The van der Waals surface area contributed by atoms with E-state index in [1.165, 1.54) is 109 Å². The highest BCUT2D eigenvalue weighted by Gasteiger charge is 2.19. The van der Waals surface area contributed by atoms with Gasteiger partial charge >= 0.3 is 17.9 Å². The average molecular weight is 891 g/mol. The van der Waals surface area contributed by atoms with Gasteiger partial charge in [0.25, 0.3) is 0 Å². The van der Waals surface area contributed by atoms with E-state index in [1.807, 2.05) is 0 Å². The van der Waals surface area contributed by atoms with Gasteiger partial charge in [0.1, 0.15) is 13.2 Å². The van der Waals surface area contributed by atoms with Gasteiger partial charge in [0, 0.05) is 19.3 Å². The summed E-state index contributed by atoms with van der Waals surface area (Å²) in [5, 5.41) is 0. The third-order valence-corrected chi connectivity index (χ3v) is 11.2. The number of unbranched alkanes of at least 4 members (excludes halogenated alkanes) is 22. The molecule has 1 atom stereocenters. The lowest BCUT2D eigenvalue weighted by atomic mass is 10.0. The molecule has 0 aromatic heterocycles. The van der Waals surface area contributed by atoms with Crippen molar-refractivity contribution in [2.75, 3.05) is 13.2 Å². The summed E-state index contributed by atoms with van der Waals surface area (Å²) in [4.78, 5) is 37.9. The van der Waals surface area contributed by atoms with Crippen LogP contribution in [0.3, 0.4) is 0 Å². The standard InChI is InChI=1S/C58H98O6/c1-4-7-10-13-16-19-21-23-25-26-27-28-29-30-31-32-34-35-37-39-42-45-48-51-57(60)63-54-55(53-62-56(59)50-47-44-41-18-15-12-9-6-3)64-58(61)52-49-46-43-40-38-36-33-24-22-20-17-14-11-8-5-2/h7,10,16,19,23,25,27-28,30-31,34-35,39,42,55H,4-6,8-9,11-15,17-18,20-22,24,26,29,32-33,36-38,40-41,43-54H2,1-3H3/b10-7-,19-16-,25-23-,28-27-,31-30-,35-34-,42-39-. The SMILES string of the molecule is CC/C=C\C/C=C\C/C=C\C/C=C\C/C=C\C/C=C\C/C=C\CCCC(=O)OCC(COC(=O)CCCCCCCCCC)OC(=O)CCCCCCCCCCCCCCCCC. The largest absolute Gasteiger partial charge is 0.462 e. The van der Waals surface area contributed by atoms with Crippen LogP contribution in [0.15, 0.2) is 85.1 Å². The molecule has 0 N–H and O–H groups in total. The Kier molecular flexibility index (Phi) is 49.4. The summed E-state index contributed by atoms with van der Waals surface area (Å²) in [6.07, 6.45) is 67.3. The highest BCUT2D eigenvalue weighted by molar-refractivity contribution is 5.71. The highest BCUT2D eigenvalue weighted by atomic mass is 16.6. The van der Waals surface area contributed by atoms with Crippen LogP contribution in [-0.2, 0) is 28.6 Å². The van der Waals surface area contributed by atoms with Gasteiger partial charge in [0.2, 0.25) is 0 Å². The number of hydrogen-bond acceptors (Lipinski definition) is 6. The smallest absolute Gasteiger partial charge is 0.306 e. The van der Waals surface area contributed by atoms with E-state index in [0.29, 0.717) is 19.3 Å². The minimum absolute atomic E-state index is 0.0922. The molecule has 6 nitrogen and oxygen atoms in total. The van der Waals surface area contributed by atoms with Crippen molar-refractivity contribution in [2.24, 2.45) is 0 Å². The van der Waals surface area contributed by atoms with E-state index in [0.717, 1.165) is 89.9 Å². The topological polar surface area (TPSA) is 78.9 Å². The van der Waals surface area contributed by atoms with Gasteiger partial charge in [0.15, 0.2) is 6.10 Å². The van der Waals surface area contributed by atoms with Crippen LogP contribution in [0.2, 0.25) is 0 Å². The lowest BCUT2D eigenvalue weighted by Gasteiger charge is -2.18. The maximum absolute atomic E-state index is 12.8. The van der Waals surface area contributed by atoms with Crippen LogP contribution in [-0.4, -0.2) is 37.2 Å². The summed E-state index contributed by atoms with van der Waals surface area (Å²) < 4.78 is 16.7. The van der Waals surface area contributed by atoms with Gasteiger partial charge in [-0.15, -0.1) is 0 Å². The molecule has 0 aromatic carbocycles. The Hall–Kier alpha value is -3.41. The molecule has 0 aliphatic rings. The van der Waals surface area contributed by atoms with Crippen LogP contribution in [0.25, 0.3) is 0 Å². The zero-order chi connectivity index (χ0) is 46.5. The molecule has 0 saturated carbocycles. The number of carbonyl (C=O) groups is 3. The lowest BCUT2D eigenvalue weighted by molar-refractivity contribution is -0.167. The monoisotopic (exact) mass is 891 g/mol. The minimum atomic E-state index is -0.795. The van der Waals surface area contributed by atoms with Crippen molar-refractivity contribution in [2.45, 2.75) is 252 Å². The van der Waals surface area contributed by atoms with Gasteiger partial charge in [-0.25, -0.2) is 0 Å². The third kappa shape index (κ3) is 49.6. The van der Waals surface area contributed by atoms with E-state index in [2.05, 4.69) is 106 Å². The number of rotatable bonds is 47. The molecule has 0 aliphatic carbocycles. The Morgan fingerprint density at radius 3 is 0.953 bits per heavy atom. The molecule has 0 saturated heterocycles. The van der Waals surface area contributed by atoms with Crippen LogP contribution < -0.4 is 0 Å². The first-order valence-electron chi connectivity index (χ1n) is 26.6. The molecular formula is C58H98O6. The van der Waals surface area contributed by atoms with E-state index in [-0.39, 0.29) is 37.5 Å². The van der Waals surface area contributed by atoms with Crippen LogP contribution in [0.1, 0.15) is 245 Å². The van der Waals surface area contributed by atoms with Crippen molar-refractivity contribution in [1.82, 2.24) is 0 Å². The van der Waals surface area contributed by atoms with Gasteiger partial charge in [0.05, 0.1) is 0 Å². The second-order valence-corrected chi connectivity index (χ2v) is 17.4. The van der Waals surface area contributed by atoms with E-state index >= 15 is 0 Å². The first kappa shape index (κ1) is 60.6. The van der Waals surface area contributed by atoms with Gasteiger partial charge < -0.3 is 14.2 Å². The Morgan fingerprint density at radius 1 is 0.328 bits per heavy atom. The minimum Gasteiger partial charge on any atom is -0.462 e. The van der Waals surface area contributed by atoms with E-state index < -0.39 is 6.10 Å². The van der Waals surface area contributed by atoms with Crippen molar-refractivity contribution >= 4 is 17.9 Å². The molecule has 0 radical (unpaired) electrons. The third-order valence-electron chi connectivity index (χ3n) is 11.2. The fourth-order valence-corrected chi connectivity index (χ4v) is 7.20. The van der Waals surface area contributed by atoms with Crippen molar-refractivity contribution in [1.29, 1.82) is 0 Å². The number of ether oxygens (including phenoxy) is 3. The molecule has 366 valence electrons. The molecule has 0 amide bonds. The number of hydrogen-bond donors (Lipinski definition) is 0. The van der Waals surface area contributed by atoms with Crippen LogP contribution in [0.5, 0.6) is 0 Å². The Balaban J connectivity index is 4.37. The van der Waals surface area contributed by atoms with Crippen molar-refractivity contribution < 1.29 is 28.6 Å². The van der Waals surface area contributed by atoms with Crippen molar-refractivity contribution in [3.63, 3.8) is 0 Å². The summed E-state index contributed by atoms with van der Waals surface area (Å²) in [6.45, 7) is 6.45. The van der Waals surface area contributed by atoms with Crippen LogP contribution >= 0.6 is 0 Å². The first-order chi connectivity index (χ1) is 31.5. The predicted octanol–water partition coefficient (Wildman–Crippen LogP) is 17.6. The molecular weight excluding hydrogens is 793 g/mol. The van der Waals surface area contributed by atoms with E-state index in [9.17, 15) is 14.4 Å². The molecule has 0 bridgehead atoms. The Bertz CT molecular complexity index is 1250. The molecule has 0 spiro atoms. The highest BCUT2D eigenvalue weighted by Crippen LogP contribution is 2.15. The second kappa shape index (κ2) is 52.2. The zero-order valence-corrected chi connectivity index (χ0v) is 41.8. The molecule has 64 heavy (non-hydrogen) atoms. The lowest BCUT2D eigenvalue weighted by Crippen LogP contribution is -2.30. The number of allylic oxidation sites excluding steroid dienone is 14. The predicted molar refractivity (Wildman–Crippen MR) is 274 cm³/mol. The fraction of sp³-hybridized carbons (Fsp3) is 0.707. The zero-order valence-electron chi connectivity index (χ0n) is 41.8. The van der Waals surface area contributed by atoms with Crippen molar-refractivity contribution in [3.8, 4) is 0 Å². The van der Waals surface area contributed by atoms with E-state index in [1.54, 1.807) is 0 Å². The number of carbonyl (C=O) groups excluding carboxylic acids is 3. The summed E-state index contributed by atoms with van der Waals surface area (Å²) >= 11 is 0. The first-order valence-corrected chi connectivity index (χ1v) is 26.6. The average Bonchev–Trinajstić information content (AvgIpc) is 3.29. The molecule has 6 heteroatoms. The summed E-state index contributed by atoms with van der Waals surface area (Å²) in [7, 11) is 0. The second-order valence-electron chi connectivity index (χ2n) is 17.4. The molecule has 0 heterocycles. The fourth-order valence-electron chi connectivity index (χ4n) is 7.20. The quantitative estimate of drug-likeness (QED) is 0.0262. The Labute approximate surface area is 395 Å². The van der Waals surface area contributed by atoms with Gasteiger partial charge in [-0.05, 0) is 70.6 Å². The Morgan fingerprint density at radius 2 is 0.609 bits per heavy atom. The molecule has 0 rings (SSSR count). The van der Waals surface area contributed by atoms with E-state index in [4.69, 9.17) is 14.2 Å². The summed E-state index contributed by atoms with van der Waals surface area (Å²) in [5.74, 6) is -0.956. The van der Waals surface area contributed by atoms with Crippen molar-refractivity contribution in [3.05, 3.63) is 85.1 Å². The van der Waals surface area contributed by atoms with Crippen LogP contribution in [0.4, 0.5) is 0 Å². The van der Waals surface area contributed by atoms with Gasteiger partial charge in [-0.3, -0.25) is 14.4 Å². The van der Waals surface area contributed by atoms with Gasteiger partial charge in [-0.1, -0.05) is 241 Å². The molecule has 1 unspecified atom stereocenters. The maximum Gasteiger partial charge on any atom is 0.306 e. The number of esters is 3. The molecule has 0 aromatic rings.